The Balaban J connectivity index is 2.85. The third-order valence-electron chi connectivity index (χ3n) is 1.79. The molecular weight excluding hydrogens is 228 g/mol. The van der Waals surface area contributed by atoms with E-state index in [1.165, 1.54) is 0 Å². The van der Waals surface area contributed by atoms with Gasteiger partial charge >= 0.3 is 6.01 Å². The van der Waals surface area contributed by atoms with Gasteiger partial charge in [0.25, 0.3) is 0 Å². The number of ether oxygens (including phenoxy) is 1. The van der Waals surface area contributed by atoms with Crippen molar-refractivity contribution in [3.05, 3.63) is 0 Å². The monoisotopic (exact) mass is 244 g/mol. The summed E-state index contributed by atoms with van der Waals surface area (Å²) in [6, 6.07) is -0.454. The highest BCUT2D eigenvalue weighted by molar-refractivity contribution is 5.35. The normalized spacial score (nSPS) is 10.4. The van der Waals surface area contributed by atoms with Crippen molar-refractivity contribution in [1.29, 1.82) is 0 Å². The van der Waals surface area contributed by atoms with Gasteiger partial charge in [0.15, 0.2) is 0 Å². The fourth-order valence-corrected chi connectivity index (χ4v) is 1.01. The van der Waals surface area contributed by atoms with Crippen molar-refractivity contribution in [2.75, 3.05) is 30.6 Å². The highest BCUT2D eigenvalue weighted by Crippen LogP contribution is 2.11. The Morgan fingerprint density at radius 3 is 2.41 bits per heavy atom. The summed E-state index contributed by atoms with van der Waals surface area (Å²) in [6.07, 6.45) is 0. The molecule has 6 N–H and O–H groups in total. The molecule has 0 aromatic carbocycles. The van der Waals surface area contributed by atoms with Gasteiger partial charge < -0.3 is 20.3 Å². The van der Waals surface area contributed by atoms with E-state index in [1.54, 1.807) is 6.92 Å². The van der Waals surface area contributed by atoms with Crippen molar-refractivity contribution in [2.24, 2.45) is 5.84 Å². The minimum atomic E-state index is -0.558. The minimum Gasteiger partial charge on any atom is -0.464 e. The molecule has 0 amide bonds. The Hall–Kier alpha value is -1.71. The van der Waals surface area contributed by atoms with E-state index in [0.29, 0.717) is 6.61 Å². The molecule has 0 aliphatic heterocycles. The SMILES string of the molecule is CCOc1nc(NN)nc(NC(CO)CO)n1. The number of aliphatic hydroxyl groups excluding tert-OH is 2. The van der Waals surface area contributed by atoms with Crippen LogP contribution in [0.15, 0.2) is 0 Å². The van der Waals surface area contributed by atoms with Gasteiger partial charge in [0.1, 0.15) is 0 Å². The van der Waals surface area contributed by atoms with Crippen LogP contribution >= 0.6 is 0 Å². The summed E-state index contributed by atoms with van der Waals surface area (Å²) in [4.78, 5) is 11.7. The Labute approximate surface area is 98.0 Å². The summed E-state index contributed by atoms with van der Waals surface area (Å²) >= 11 is 0. The topological polar surface area (TPSA) is 138 Å². The van der Waals surface area contributed by atoms with Gasteiger partial charge in [-0.15, -0.1) is 0 Å². The molecule has 1 rings (SSSR count). The first kappa shape index (κ1) is 13.4. The van der Waals surface area contributed by atoms with Crippen molar-refractivity contribution in [2.45, 2.75) is 13.0 Å². The number of nitrogens with two attached hydrogens (primary N) is 1. The molecule has 0 aliphatic rings. The Kier molecular flexibility index (Phi) is 5.33. The van der Waals surface area contributed by atoms with Gasteiger partial charge in [-0.2, -0.15) is 15.0 Å². The van der Waals surface area contributed by atoms with Crippen molar-refractivity contribution >= 4 is 11.9 Å². The molecule has 1 aromatic heterocycles. The number of anilines is 2. The van der Waals surface area contributed by atoms with Crippen LogP contribution in [0.3, 0.4) is 0 Å². The van der Waals surface area contributed by atoms with Crippen LogP contribution in [0.5, 0.6) is 6.01 Å². The molecule has 0 saturated heterocycles. The molecule has 0 bridgehead atoms. The maximum absolute atomic E-state index is 8.92. The molecule has 0 saturated carbocycles. The molecule has 0 aliphatic carbocycles. The highest BCUT2D eigenvalue weighted by atomic mass is 16.5. The van der Waals surface area contributed by atoms with Crippen molar-refractivity contribution < 1.29 is 14.9 Å². The number of hydrazine groups is 1. The fourth-order valence-electron chi connectivity index (χ4n) is 1.01. The molecule has 9 heteroatoms. The van der Waals surface area contributed by atoms with Crippen LogP contribution in [0.1, 0.15) is 6.92 Å². The summed E-state index contributed by atoms with van der Waals surface area (Å²) in [6.45, 7) is 1.68. The van der Waals surface area contributed by atoms with Gasteiger partial charge in [0.05, 0.1) is 25.9 Å². The zero-order chi connectivity index (χ0) is 12.7. The molecule has 0 fully saturated rings. The van der Waals surface area contributed by atoms with E-state index in [2.05, 4.69) is 25.7 Å². The van der Waals surface area contributed by atoms with Crippen LogP contribution in [0.4, 0.5) is 11.9 Å². The van der Waals surface area contributed by atoms with Crippen molar-refractivity contribution in [1.82, 2.24) is 15.0 Å². The maximum Gasteiger partial charge on any atom is 0.323 e. The number of aromatic nitrogens is 3. The number of nitrogen functional groups attached to an aromatic ring is 1. The summed E-state index contributed by atoms with van der Waals surface area (Å²) < 4.78 is 5.12. The molecule has 0 atom stereocenters. The molecular formula is C8H16N6O3. The zero-order valence-corrected chi connectivity index (χ0v) is 9.42. The summed E-state index contributed by atoms with van der Waals surface area (Å²) in [7, 11) is 0. The first-order valence-corrected chi connectivity index (χ1v) is 5.07. The summed E-state index contributed by atoms with van der Waals surface area (Å²) in [5.74, 6) is 5.48. The lowest BCUT2D eigenvalue weighted by atomic mass is 10.3. The minimum absolute atomic E-state index is 0.104. The number of aliphatic hydroxyl groups is 2. The molecule has 1 heterocycles. The number of hydrogen-bond acceptors (Lipinski definition) is 9. The second kappa shape index (κ2) is 6.78. The average Bonchev–Trinajstić information content (AvgIpc) is 2.36. The van der Waals surface area contributed by atoms with E-state index < -0.39 is 6.04 Å². The van der Waals surface area contributed by atoms with Crippen LogP contribution in [0.25, 0.3) is 0 Å². The van der Waals surface area contributed by atoms with Crippen LogP contribution < -0.4 is 21.3 Å². The Bertz CT molecular complexity index is 346. The van der Waals surface area contributed by atoms with E-state index in [4.69, 9.17) is 20.8 Å². The summed E-state index contributed by atoms with van der Waals surface area (Å²) in [5.41, 5.74) is 2.27. The molecule has 1 aromatic rings. The Morgan fingerprint density at radius 2 is 1.88 bits per heavy atom. The number of nitrogens with zero attached hydrogens (tertiary/aromatic N) is 3. The van der Waals surface area contributed by atoms with Gasteiger partial charge in [-0.25, -0.2) is 5.84 Å². The van der Waals surface area contributed by atoms with Crippen LogP contribution in [0.2, 0.25) is 0 Å². The lowest BCUT2D eigenvalue weighted by Gasteiger charge is -2.14. The zero-order valence-electron chi connectivity index (χ0n) is 9.42. The number of hydrogen-bond donors (Lipinski definition) is 5. The van der Waals surface area contributed by atoms with Crippen molar-refractivity contribution in [3.8, 4) is 6.01 Å². The fraction of sp³-hybridized carbons (Fsp3) is 0.625. The standard InChI is InChI=1S/C8H16N6O3/c1-2-17-8-12-6(10-5(3-15)4-16)11-7(13-8)14-9/h5,15-16H,2-4,9H2,1H3,(H2,10,11,12,13,14). The van der Waals surface area contributed by atoms with Gasteiger partial charge in [-0.1, -0.05) is 0 Å². The van der Waals surface area contributed by atoms with E-state index in [1.807, 2.05) is 0 Å². The van der Waals surface area contributed by atoms with Gasteiger partial charge in [0, 0.05) is 0 Å². The van der Waals surface area contributed by atoms with Gasteiger partial charge in [-0.05, 0) is 6.92 Å². The quantitative estimate of drug-likeness (QED) is 0.281. The predicted octanol–water partition coefficient (Wildman–Crippen LogP) is -1.68. The first-order chi connectivity index (χ1) is 8.23. The first-order valence-electron chi connectivity index (χ1n) is 5.07. The van der Waals surface area contributed by atoms with Crippen LogP contribution in [-0.2, 0) is 0 Å². The maximum atomic E-state index is 8.92. The summed E-state index contributed by atoms with van der Waals surface area (Å²) in [5, 5.41) is 20.6. The average molecular weight is 244 g/mol. The molecule has 0 unspecified atom stereocenters. The second-order valence-corrected chi connectivity index (χ2v) is 3.05. The van der Waals surface area contributed by atoms with E-state index in [-0.39, 0.29) is 31.1 Å². The molecule has 17 heavy (non-hydrogen) atoms. The predicted molar refractivity (Wildman–Crippen MR) is 60.4 cm³/mol. The van der Waals surface area contributed by atoms with Crippen LogP contribution in [-0.4, -0.2) is 51.0 Å². The molecule has 9 nitrogen and oxygen atoms in total. The van der Waals surface area contributed by atoms with E-state index >= 15 is 0 Å². The Morgan fingerprint density at radius 1 is 1.24 bits per heavy atom. The molecule has 0 radical (unpaired) electrons. The lowest BCUT2D eigenvalue weighted by Crippen LogP contribution is -2.29. The molecule has 96 valence electrons. The lowest BCUT2D eigenvalue weighted by molar-refractivity contribution is 0.203. The smallest absolute Gasteiger partial charge is 0.323 e. The van der Waals surface area contributed by atoms with E-state index in [9.17, 15) is 0 Å². The molecule has 0 spiro atoms. The van der Waals surface area contributed by atoms with Crippen molar-refractivity contribution in [3.63, 3.8) is 0 Å². The third-order valence-corrected chi connectivity index (χ3v) is 1.79. The largest absolute Gasteiger partial charge is 0.464 e. The van der Waals surface area contributed by atoms with Gasteiger partial charge in [-0.3, -0.25) is 5.43 Å². The second-order valence-electron chi connectivity index (χ2n) is 3.05. The number of rotatable bonds is 7. The van der Waals surface area contributed by atoms with Gasteiger partial charge in [0.2, 0.25) is 11.9 Å². The van der Waals surface area contributed by atoms with E-state index in [0.717, 1.165) is 0 Å². The van der Waals surface area contributed by atoms with Crippen LogP contribution in [0, 0.1) is 0 Å². The highest BCUT2D eigenvalue weighted by Gasteiger charge is 2.11. The third kappa shape index (κ3) is 3.98. The number of nitrogens with one attached hydrogen (secondary N) is 2.